The van der Waals surface area contributed by atoms with Gasteiger partial charge in [0.25, 0.3) is 0 Å². The Balaban J connectivity index is 1.86. The number of rotatable bonds is 6. The number of methoxy groups -OCH3 is 1. The van der Waals surface area contributed by atoms with Gasteiger partial charge < -0.3 is 14.8 Å². The van der Waals surface area contributed by atoms with E-state index in [9.17, 15) is 9.59 Å². The Kier molecular flexibility index (Phi) is 5.10. The summed E-state index contributed by atoms with van der Waals surface area (Å²) in [4.78, 5) is 21.6. The molecule has 1 N–H and O–H groups in total. The third kappa shape index (κ3) is 5.37. The summed E-state index contributed by atoms with van der Waals surface area (Å²) in [5.41, 5.74) is 0. The van der Waals surface area contributed by atoms with Gasteiger partial charge in [-0.15, -0.1) is 0 Å². The average molecular weight is 215 g/mol. The Morgan fingerprint density at radius 2 is 2.13 bits per heavy atom. The fraction of sp³-hybridized carbons (Fsp3) is 0.800. The standard InChI is InChI=1S/C10H17NO4/c1-14-10(13)9(12)11-5-2-6-15-7-8-3-4-8/h8H,2-7H2,1H3,(H,11,12). The molecule has 0 spiro atoms. The predicted octanol–water partition coefficient (Wildman–Crippen LogP) is 0.0923. The second-order valence-corrected chi connectivity index (χ2v) is 3.62. The zero-order valence-electron chi connectivity index (χ0n) is 8.95. The minimum atomic E-state index is -0.853. The molecule has 0 atom stereocenters. The van der Waals surface area contributed by atoms with Crippen LogP contribution in [-0.4, -0.2) is 38.7 Å². The van der Waals surface area contributed by atoms with Crippen LogP contribution in [-0.2, 0) is 19.1 Å². The first kappa shape index (κ1) is 12.0. The largest absolute Gasteiger partial charge is 0.462 e. The lowest BCUT2D eigenvalue weighted by Crippen LogP contribution is -2.32. The van der Waals surface area contributed by atoms with E-state index in [4.69, 9.17) is 4.74 Å². The van der Waals surface area contributed by atoms with Crippen molar-refractivity contribution in [2.75, 3.05) is 26.9 Å². The minimum absolute atomic E-state index is 0.443. The van der Waals surface area contributed by atoms with Gasteiger partial charge in [0.15, 0.2) is 0 Å². The maximum Gasteiger partial charge on any atom is 0.396 e. The second-order valence-electron chi connectivity index (χ2n) is 3.62. The van der Waals surface area contributed by atoms with Gasteiger partial charge in [-0.1, -0.05) is 0 Å². The molecule has 1 saturated carbocycles. The van der Waals surface area contributed by atoms with Crippen LogP contribution in [0, 0.1) is 5.92 Å². The van der Waals surface area contributed by atoms with Crippen LogP contribution in [0.4, 0.5) is 0 Å². The third-order valence-corrected chi connectivity index (χ3v) is 2.17. The van der Waals surface area contributed by atoms with Gasteiger partial charge in [0.1, 0.15) is 0 Å². The van der Waals surface area contributed by atoms with E-state index in [1.165, 1.54) is 20.0 Å². The highest BCUT2D eigenvalue weighted by Crippen LogP contribution is 2.28. The van der Waals surface area contributed by atoms with Gasteiger partial charge in [0.2, 0.25) is 0 Å². The second kappa shape index (κ2) is 6.40. The molecule has 5 heteroatoms. The van der Waals surface area contributed by atoms with Crippen LogP contribution in [0.3, 0.4) is 0 Å². The Morgan fingerprint density at radius 3 is 2.73 bits per heavy atom. The molecule has 0 saturated heterocycles. The number of hydrogen-bond donors (Lipinski definition) is 1. The summed E-state index contributed by atoms with van der Waals surface area (Å²) >= 11 is 0. The Labute approximate surface area is 89.1 Å². The zero-order valence-corrected chi connectivity index (χ0v) is 8.95. The first-order valence-electron chi connectivity index (χ1n) is 5.18. The molecular weight excluding hydrogens is 198 g/mol. The fourth-order valence-corrected chi connectivity index (χ4v) is 1.08. The Hall–Kier alpha value is -1.10. The number of amides is 1. The van der Waals surface area contributed by atoms with Crippen LogP contribution in [0.1, 0.15) is 19.3 Å². The van der Waals surface area contributed by atoms with Crippen molar-refractivity contribution in [1.82, 2.24) is 5.32 Å². The molecule has 1 fully saturated rings. The van der Waals surface area contributed by atoms with Gasteiger partial charge in [-0.2, -0.15) is 0 Å². The Bertz CT molecular complexity index is 225. The zero-order chi connectivity index (χ0) is 11.1. The Morgan fingerprint density at radius 1 is 1.40 bits per heavy atom. The van der Waals surface area contributed by atoms with Crippen LogP contribution >= 0.6 is 0 Å². The summed E-state index contributed by atoms with van der Waals surface area (Å²) in [5.74, 6) is -0.789. The normalized spacial score (nSPS) is 14.7. The molecule has 0 heterocycles. The van der Waals surface area contributed by atoms with Crippen molar-refractivity contribution in [1.29, 1.82) is 0 Å². The van der Waals surface area contributed by atoms with E-state index in [0.717, 1.165) is 18.9 Å². The molecule has 1 aliphatic rings. The van der Waals surface area contributed by atoms with Crippen molar-refractivity contribution in [3.05, 3.63) is 0 Å². The lowest BCUT2D eigenvalue weighted by molar-refractivity contribution is -0.152. The third-order valence-electron chi connectivity index (χ3n) is 2.17. The first-order valence-corrected chi connectivity index (χ1v) is 5.18. The van der Waals surface area contributed by atoms with Gasteiger partial charge in [0, 0.05) is 19.8 Å². The maximum absolute atomic E-state index is 10.9. The smallest absolute Gasteiger partial charge is 0.396 e. The fourth-order valence-electron chi connectivity index (χ4n) is 1.08. The molecule has 15 heavy (non-hydrogen) atoms. The van der Waals surface area contributed by atoms with Gasteiger partial charge in [-0.25, -0.2) is 4.79 Å². The maximum atomic E-state index is 10.9. The molecule has 0 aromatic rings. The highest BCUT2D eigenvalue weighted by Gasteiger charge is 2.20. The van der Waals surface area contributed by atoms with Crippen molar-refractivity contribution < 1.29 is 19.1 Å². The molecule has 0 unspecified atom stereocenters. The topological polar surface area (TPSA) is 64.6 Å². The monoisotopic (exact) mass is 215 g/mol. The summed E-state index contributed by atoms with van der Waals surface area (Å²) in [6.45, 7) is 1.89. The predicted molar refractivity (Wildman–Crippen MR) is 53.2 cm³/mol. The van der Waals surface area contributed by atoms with Crippen LogP contribution < -0.4 is 5.32 Å². The number of nitrogens with one attached hydrogen (secondary N) is 1. The number of esters is 1. The van der Waals surface area contributed by atoms with E-state index in [2.05, 4.69) is 10.1 Å². The summed E-state index contributed by atoms with van der Waals surface area (Å²) < 4.78 is 9.61. The van der Waals surface area contributed by atoms with Gasteiger partial charge >= 0.3 is 11.9 Å². The lowest BCUT2D eigenvalue weighted by Gasteiger charge is -2.04. The van der Waals surface area contributed by atoms with Crippen LogP contribution in [0.5, 0.6) is 0 Å². The minimum Gasteiger partial charge on any atom is -0.462 e. The number of ether oxygens (including phenoxy) is 2. The first-order chi connectivity index (χ1) is 7.24. The van der Waals surface area contributed by atoms with Crippen molar-refractivity contribution in [3.8, 4) is 0 Å². The molecule has 0 aliphatic heterocycles. The van der Waals surface area contributed by atoms with E-state index in [0.29, 0.717) is 13.2 Å². The highest BCUT2D eigenvalue weighted by atomic mass is 16.5. The van der Waals surface area contributed by atoms with Crippen molar-refractivity contribution in [2.24, 2.45) is 5.92 Å². The SMILES string of the molecule is COC(=O)C(=O)NCCCOCC1CC1. The molecule has 5 nitrogen and oxygen atoms in total. The molecule has 86 valence electrons. The molecule has 0 aromatic carbocycles. The summed E-state index contributed by atoms with van der Waals surface area (Å²) in [6, 6.07) is 0. The number of hydrogen-bond acceptors (Lipinski definition) is 4. The summed E-state index contributed by atoms with van der Waals surface area (Å²) in [6.07, 6.45) is 3.27. The molecule has 0 aromatic heterocycles. The van der Waals surface area contributed by atoms with Crippen molar-refractivity contribution >= 4 is 11.9 Å². The van der Waals surface area contributed by atoms with Crippen molar-refractivity contribution in [2.45, 2.75) is 19.3 Å². The molecule has 0 radical (unpaired) electrons. The summed E-state index contributed by atoms with van der Waals surface area (Å²) in [5, 5.41) is 2.44. The molecule has 1 aliphatic carbocycles. The molecule has 1 amide bonds. The van der Waals surface area contributed by atoms with E-state index in [1.54, 1.807) is 0 Å². The van der Waals surface area contributed by atoms with Crippen LogP contribution in [0.2, 0.25) is 0 Å². The van der Waals surface area contributed by atoms with Crippen LogP contribution in [0.15, 0.2) is 0 Å². The van der Waals surface area contributed by atoms with Gasteiger partial charge in [-0.3, -0.25) is 4.79 Å². The quantitative estimate of drug-likeness (QED) is 0.387. The molecular formula is C10H17NO4. The van der Waals surface area contributed by atoms with E-state index in [-0.39, 0.29) is 0 Å². The van der Waals surface area contributed by atoms with Gasteiger partial charge in [-0.05, 0) is 25.2 Å². The van der Waals surface area contributed by atoms with Crippen molar-refractivity contribution in [3.63, 3.8) is 0 Å². The van der Waals surface area contributed by atoms with Crippen LogP contribution in [0.25, 0.3) is 0 Å². The van der Waals surface area contributed by atoms with E-state index < -0.39 is 11.9 Å². The van der Waals surface area contributed by atoms with Gasteiger partial charge in [0.05, 0.1) is 7.11 Å². The van der Waals surface area contributed by atoms with E-state index in [1.807, 2.05) is 0 Å². The molecule has 0 bridgehead atoms. The molecule has 1 rings (SSSR count). The van der Waals surface area contributed by atoms with E-state index >= 15 is 0 Å². The number of carbonyl (C=O) groups excluding carboxylic acids is 2. The average Bonchev–Trinajstić information content (AvgIpc) is 3.05. The lowest BCUT2D eigenvalue weighted by atomic mass is 10.4. The number of carbonyl (C=O) groups is 2. The highest BCUT2D eigenvalue weighted by molar-refractivity contribution is 6.32. The summed E-state index contributed by atoms with van der Waals surface area (Å²) in [7, 11) is 1.18.